The fourth-order valence-electron chi connectivity index (χ4n) is 2.82. The highest BCUT2D eigenvalue weighted by Gasteiger charge is 2.20. The van der Waals surface area contributed by atoms with Gasteiger partial charge in [0.1, 0.15) is 11.6 Å². The van der Waals surface area contributed by atoms with Gasteiger partial charge in [-0.25, -0.2) is 9.37 Å². The summed E-state index contributed by atoms with van der Waals surface area (Å²) in [5.41, 5.74) is 1.41. The van der Waals surface area contributed by atoms with Gasteiger partial charge in [-0.1, -0.05) is 11.6 Å². The maximum absolute atomic E-state index is 13.6. The molecule has 6 heteroatoms. The predicted molar refractivity (Wildman–Crippen MR) is 82.6 cm³/mol. The van der Waals surface area contributed by atoms with E-state index in [9.17, 15) is 4.39 Å². The Balaban J connectivity index is 1.96. The third-order valence-corrected chi connectivity index (χ3v) is 4.36. The number of aryl methyl sites for hydroxylation is 1. The lowest BCUT2D eigenvalue weighted by atomic mass is 10.2. The molecule has 0 aliphatic carbocycles. The van der Waals surface area contributed by atoms with E-state index in [4.69, 9.17) is 27.9 Å². The van der Waals surface area contributed by atoms with Crippen LogP contribution in [0.1, 0.15) is 37.4 Å². The molecule has 2 aromatic rings. The molecule has 2 unspecified atom stereocenters. The molecule has 1 aromatic heterocycles. The van der Waals surface area contributed by atoms with Crippen LogP contribution in [-0.2, 0) is 11.3 Å². The first-order valence-electron chi connectivity index (χ1n) is 7.17. The summed E-state index contributed by atoms with van der Waals surface area (Å²) in [5, 5.41) is -0.140. The Bertz CT molecular complexity index is 651. The van der Waals surface area contributed by atoms with Crippen molar-refractivity contribution in [1.82, 2.24) is 9.55 Å². The third kappa shape index (κ3) is 3.03. The summed E-state index contributed by atoms with van der Waals surface area (Å²) in [7, 11) is 0. The SMILES string of the molecule is CC(Cl)c1nc2cc(F)c(Cl)cc2n1CCC1CCCO1. The zero-order valence-corrected chi connectivity index (χ0v) is 13.3. The van der Waals surface area contributed by atoms with Gasteiger partial charge in [0.2, 0.25) is 0 Å². The first-order chi connectivity index (χ1) is 10.1. The van der Waals surface area contributed by atoms with Gasteiger partial charge in [0.25, 0.3) is 0 Å². The van der Waals surface area contributed by atoms with E-state index < -0.39 is 5.82 Å². The maximum atomic E-state index is 13.6. The second-order valence-electron chi connectivity index (χ2n) is 5.42. The number of hydrogen-bond donors (Lipinski definition) is 0. The van der Waals surface area contributed by atoms with Gasteiger partial charge in [-0.05, 0) is 32.3 Å². The number of aromatic nitrogens is 2. The van der Waals surface area contributed by atoms with E-state index in [-0.39, 0.29) is 16.5 Å². The Morgan fingerprint density at radius 2 is 2.33 bits per heavy atom. The molecule has 3 rings (SSSR count). The molecule has 0 spiro atoms. The molecule has 1 aliphatic heterocycles. The molecule has 0 N–H and O–H groups in total. The number of alkyl halides is 1. The Kier molecular flexibility index (Phi) is 4.38. The average Bonchev–Trinajstić information content (AvgIpc) is 3.05. The first-order valence-corrected chi connectivity index (χ1v) is 7.98. The van der Waals surface area contributed by atoms with Crippen molar-refractivity contribution >= 4 is 34.2 Å². The zero-order chi connectivity index (χ0) is 15.0. The standard InChI is InChI=1S/C15H17Cl2FN2O/c1-9(16)15-19-13-8-12(18)11(17)7-14(13)20(15)5-4-10-3-2-6-21-10/h7-10H,2-6H2,1H3. The van der Waals surface area contributed by atoms with Gasteiger partial charge in [0, 0.05) is 19.2 Å². The summed E-state index contributed by atoms with van der Waals surface area (Å²) < 4.78 is 21.3. The van der Waals surface area contributed by atoms with Gasteiger partial charge in [-0.2, -0.15) is 0 Å². The van der Waals surface area contributed by atoms with Crippen molar-refractivity contribution in [2.24, 2.45) is 0 Å². The molecule has 1 aliphatic rings. The van der Waals surface area contributed by atoms with Crippen molar-refractivity contribution in [3.63, 3.8) is 0 Å². The summed E-state index contributed by atoms with van der Waals surface area (Å²) in [6, 6.07) is 2.99. The van der Waals surface area contributed by atoms with Crippen LogP contribution in [0.15, 0.2) is 12.1 Å². The number of imidazole rings is 1. The van der Waals surface area contributed by atoms with E-state index in [1.807, 2.05) is 11.5 Å². The lowest BCUT2D eigenvalue weighted by Crippen LogP contribution is -2.12. The normalized spacial score (nSPS) is 20.3. The van der Waals surface area contributed by atoms with Gasteiger partial charge < -0.3 is 9.30 Å². The van der Waals surface area contributed by atoms with Crippen molar-refractivity contribution in [2.75, 3.05) is 6.61 Å². The van der Waals surface area contributed by atoms with Crippen LogP contribution in [0.2, 0.25) is 5.02 Å². The van der Waals surface area contributed by atoms with E-state index in [1.54, 1.807) is 6.07 Å². The highest BCUT2D eigenvalue weighted by atomic mass is 35.5. The molecule has 0 saturated carbocycles. The molecular weight excluding hydrogens is 314 g/mol. The molecule has 1 fully saturated rings. The van der Waals surface area contributed by atoms with Crippen molar-refractivity contribution in [2.45, 2.75) is 44.2 Å². The molecule has 21 heavy (non-hydrogen) atoms. The minimum Gasteiger partial charge on any atom is -0.378 e. The van der Waals surface area contributed by atoms with Crippen LogP contribution < -0.4 is 0 Å². The summed E-state index contributed by atoms with van der Waals surface area (Å²) >= 11 is 12.1. The van der Waals surface area contributed by atoms with Crippen molar-refractivity contribution in [3.8, 4) is 0 Å². The molecule has 1 saturated heterocycles. The number of nitrogens with zero attached hydrogens (tertiary/aromatic N) is 2. The highest BCUT2D eigenvalue weighted by molar-refractivity contribution is 6.31. The Labute approximate surface area is 133 Å². The summed E-state index contributed by atoms with van der Waals surface area (Å²) in [4.78, 5) is 4.45. The number of halogens is 3. The van der Waals surface area contributed by atoms with Gasteiger partial charge >= 0.3 is 0 Å². The molecule has 114 valence electrons. The van der Waals surface area contributed by atoms with Gasteiger partial charge in [-0.15, -0.1) is 11.6 Å². The molecule has 0 radical (unpaired) electrons. The third-order valence-electron chi connectivity index (χ3n) is 3.87. The van der Waals surface area contributed by atoms with Crippen LogP contribution in [-0.4, -0.2) is 22.3 Å². The molecule has 2 heterocycles. The molecule has 2 atom stereocenters. The molecule has 0 bridgehead atoms. The Morgan fingerprint density at radius 3 is 3.00 bits per heavy atom. The lowest BCUT2D eigenvalue weighted by molar-refractivity contribution is 0.100. The van der Waals surface area contributed by atoms with Gasteiger partial charge in [0.05, 0.1) is 27.5 Å². The fourth-order valence-corrected chi connectivity index (χ4v) is 3.15. The number of fused-ring (bicyclic) bond motifs is 1. The second-order valence-corrected chi connectivity index (χ2v) is 6.48. The summed E-state index contributed by atoms with van der Waals surface area (Å²) in [5.74, 6) is 0.285. The van der Waals surface area contributed by atoms with Crippen molar-refractivity contribution in [1.29, 1.82) is 0 Å². The van der Waals surface area contributed by atoms with Crippen LogP contribution in [0, 0.1) is 5.82 Å². The number of rotatable bonds is 4. The molecule has 1 aromatic carbocycles. The zero-order valence-electron chi connectivity index (χ0n) is 11.8. The lowest BCUT2D eigenvalue weighted by Gasteiger charge is -2.14. The number of hydrogen-bond acceptors (Lipinski definition) is 2. The smallest absolute Gasteiger partial charge is 0.144 e. The quantitative estimate of drug-likeness (QED) is 0.760. The Hall–Kier alpha value is -0.840. The number of benzene rings is 1. The number of ether oxygens (including phenoxy) is 1. The van der Waals surface area contributed by atoms with Crippen molar-refractivity contribution < 1.29 is 9.13 Å². The van der Waals surface area contributed by atoms with E-state index in [2.05, 4.69) is 4.98 Å². The van der Waals surface area contributed by atoms with Crippen LogP contribution in [0.4, 0.5) is 4.39 Å². The van der Waals surface area contributed by atoms with Crippen LogP contribution in [0.25, 0.3) is 11.0 Å². The highest BCUT2D eigenvalue weighted by Crippen LogP contribution is 2.29. The Morgan fingerprint density at radius 1 is 1.52 bits per heavy atom. The topological polar surface area (TPSA) is 27.1 Å². The minimum absolute atomic E-state index is 0.106. The molecule has 0 amide bonds. The van der Waals surface area contributed by atoms with Crippen molar-refractivity contribution in [3.05, 3.63) is 28.8 Å². The van der Waals surface area contributed by atoms with E-state index in [0.29, 0.717) is 5.52 Å². The fraction of sp³-hybridized carbons (Fsp3) is 0.533. The monoisotopic (exact) mass is 330 g/mol. The van der Waals surface area contributed by atoms with Gasteiger partial charge in [0.15, 0.2) is 0 Å². The summed E-state index contributed by atoms with van der Waals surface area (Å²) in [6.45, 7) is 3.45. The van der Waals surface area contributed by atoms with E-state index in [1.165, 1.54) is 6.07 Å². The first kappa shape index (κ1) is 15.1. The largest absolute Gasteiger partial charge is 0.378 e. The molecule has 3 nitrogen and oxygen atoms in total. The van der Waals surface area contributed by atoms with Crippen LogP contribution in [0.3, 0.4) is 0 Å². The predicted octanol–water partition coefficient (Wildman–Crippen LogP) is 4.70. The minimum atomic E-state index is -0.457. The van der Waals surface area contributed by atoms with Gasteiger partial charge in [-0.3, -0.25) is 0 Å². The van der Waals surface area contributed by atoms with Crippen LogP contribution in [0.5, 0.6) is 0 Å². The van der Waals surface area contributed by atoms with E-state index in [0.717, 1.165) is 43.8 Å². The second kappa shape index (κ2) is 6.11. The van der Waals surface area contributed by atoms with E-state index >= 15 is 0 Å². The van der Waals surface area contributed by atoms with Crippen LogP contribution >= 0.6 is 23.2 Å². The average molecular weight is 331 g/mol. The maximum Gasteiger partial charge on any atom is 0.144 e. The molecular formula is C15H17Cl2FN2O. The summed E-state index contributed by atoms with van der Waals surface area (Å²) in [6.07, 6.45) is 3.40.